The summed E-state index contributed by atoms with van der Waals surface area (Å²) in [5.74, 6) is 1.43. The van der Waals surface area contributed by atoms with Crippen molar-refractivity contribution in [2.75, 3.05) is 32.7 Å². The zero-order chi connectivity index (χ0) is 21.4. The first-order chi connectivity index (χ1) is 12.9. The predicted octanol–water partition coefficient (Wildman–Crippen LogP) is 3.58. The van der Waals surface area contributed by atoms with Gasteiger partial charge in [-0.1, -0.05) is 0 Å². The van der Waals surface area contributed by atoms with Gasteiger partial charge in [0.15, 0.2) is 5.96 Å². The highest BCUT2D eigenvalue weighted by atomic mass is 127. The smallest absolute Gasteiger partial charge is 0.408 e. The molecule has 0 bridgehead atoms. The van der Waals surface area contributed by atoms with Crippen LogP contribution in [-0.4, -0.2) is 66.9 Å². The van der Waals surface area contributed by atoms with Gasteiger partial charge < -0.3 is 25.6 Å². The molecule has 0 saturated carbocycles. The van der Waals surface area contributed by atoms with Crippen LogP contribution in [0.1, 0.15) is 68.2 Å². The van der Waals surface area contributed by atoms with Gasteiger partial charge in [-0.2, -0.15) is 0 Å². The summed E-state index contributed by atoms with van der Waals surface area (Å²) in [6.45, 7) is 20.6. The third-order valence-electron chi connectivity index (χ3n) is 4.65. The molecular weight excluding hydrogens is 481 g/mol. The van der Waals surface area contributed by atoms with E-state index in [0.717, 1.165) is 25.6 Å². The third kappa shape index (κ3) is 12.5. The van der Waals surface area contributed by atoms with Crippen molar-refractivity contribution >= 4 is 36.0 Å². The van der Waals surface area contributed by atoms with E-state index in [-0.39, 0.29) is 24.0 Å². The number of carbonyl (C=O) groups excluding carboxylic acids is 1. The van der Waals surface area contributed by atoms with Crippen LogP contribution in [0.25, 0.3) is 0 Å². The minimum Gasteiger partial charge on any atom is -0.444 e. The number of likely N-dealkylation sites (tertiary alicyclic amines) is 1. The molecule has 7 nitrogen and oxygen atoms in total. The van der Waals surface area contributed by atoms with Crippen LogP contribution in [-0.2, 0) is 4.74 Å². The summed E-state index contributed by atoms with van der Waals surface area (Å²) in [4.78, 5) is 19.3. The normalized spacial score (nSPS) is 18.8. The van der Waals surface area contributed by atoms with Gasteiger partial charge in [-0.05, 0) is 80.7 Å². The fourth-order valence-electron chi connectivity index (χ4n) is 3.21. The Kier molecular flexibility index (Phi) is 12.5. The molecule has 1 aliphatic heterocycles. The number of ether oxygens (including phenoxy) is 1. The molecule has 3 N–H and O–H groups in total. The van der Waals surface area contributed by atoms with Gasteiger partial charge in [-0.15, -0.1) is 24.0 Å². The topological polar surface area (TPSA) is 78.0 Å². The van der Waals surface area contributed by atoms with E-state index in [1.54, 1.807) is 0 Å². The highest BCUT2D eigenvalue weighted by Gasteiger charge is 2.25. The van der Waals surface area contributed by atoms with Crippen molar-refractivity contribution < 1.29 is 9.53 Å². The average Bonchev–Trinajstić information content (AvgIpc) is 2.55. The van der Waals surface area contributed by atoms with Crippen LogP contribution in [0.15, 0.2) is 4.99 Å². The van der Waals surface area contributed by atoms with Crippen LogP contribution in [0.4, 0.5) is 4.79 Å². The maximum absolute atomic E-state index is 12.0. The Labute approximate surface area is 195 Å². The number of hydrogen-bond donors (Lipinski definition) is 3. The molecule has 0 aromatic carbocycles. The number of piperidine rings is 1. The maximum atomic E-state index is 12.0. The van der Waals surface area contributed by atoms with E-state index in [1.165, 1.54) is 19.4 Å². The molecular formula is C21H44IN5O2. The van der Waals surface area contributed by atoms with Crippen molar-refractivity contribution in [3.63, 3.8) is 0 Å². The lowest BCUT2D eigenvalue weighted by atomic mass is 9.97. The lowest BCUT2D eigenvalue weighted by molar-refractivity contribution is 0.0476. The molecule has 29 heavy (non-hydrogen) atoms. The molecule has 1 atom stereocenters. The molecule has 1 unspecified atom stereocenters. The lowest BCUT2D eigenvalue weighted by Crippen LogP contribution is -2.49. The maximum Gasteiger partial charge on any atom is 0.408 e. The van der Waals surface area contributed by atoms with Gasteiger partial charge >= 0.3 is 6.09 Å². The molecule has 1 rings (SSSR count). The standard InChI is InChI=1S/C21H43N5O2.HI/c1-9-22-18(23-13-17-11-10-12-26(14-17)16(2)3)24-15-21(7,8)25-19(27)28-20(4,5)6;/h16-17H,9-15H2,1-8H3,(H,25,27)(H2,22,23,24);1H. The highest BCUT2D eigenvalue weighted by Crippen LogP contribution is 2.17. The summed E-state index contributed by atoms with van der Waals surface area (Å²) >= 11 is 0. The molecule has 0 aliphatic carbocycles. The Morgan fingerprint density at radius 1 is 1.21 bits per heavy atom. The largest absolute Gasteiger partial charge is 0.444 e. The molecule has 1 amide bonds. The zero-order valence-corrected chi connectivity index (χ0v) is 22.1. The van der Waals surface area contributed by atoms with Crippen molar-refractivity contribution in [2.45, 2.75) is 85.4 Å². The van der Waals surface area contributed by atoms with Crippen LogP contribution in [0.2, 0.25) is 0 Å². The first-order valence-electron chi connectivity index (χ1n) is 10.7. The molecule has 0 radical (unpaired) electrons. The van der Waals surface area contributed by atoms with E-state index in [2.05, 4.69) is 46.6 Å². The quantitative estimate of drug-likeness (QED) is 0.269. The minimum atomic E-state index is -0.510. The van der Waals surface area contributed by atoms with Gasteiger partial charge in [0.25, 0.3) is 0 Å². The number of nitrogens with one attached hydrogen (secondary N) is 3. The Morgan fingerprint density at radius 3 is 2.41 bits per heavy atom. The Bertz CT molecular complexity index is 518. The van der Waals surface area contributed by atoms with Crippen LogP contribution < -0.4 is 16.0 Å². The van der Waals surface area contributed by atoms with Gasteiger partial charge in [0.1, 0.15) is 5.60 Å². The minimum absolute atomic E-state index is 0. The van der Waals surface area contributed by atoms with Crippen LogP contribution >= 0.6 is 24.0 Å². The lowest BCUT2D eigenvalue weighted by Gasteiger charge is -2.35. The van der Waals surface area contributed by atoms with Gasteiger partial charge in [-0.3, -0.25) is 4.99 Å². The summed E-state index contributed by atoms with van der Waals surface area (Å²) in [6.07, 6.45) is 2.09. The second kappa shape index (κ2) is 12.8. The number of guanidine groups is 1. The van der Waals surface area contributed by atoms with E-state index >= 15 is 0 Å². The van der Waals surface area contributed by atoms with Gasteiger partial charge in [0, 0.05) is 25.7 Å². The molecule has 1 aliphatic rings. The van der Waals surface area contributed by atoms with Crippen LogP contribution in [0.5, 0.6) is 0 Å². The monoisotopic (exact) mass is 525 g/mol. The van der Waals surface area contributed by atoms with Crippen molar-refractivity contribution in [1.82, 2.24) is 20.9 Å². The van der Waals surface area contributed by atoms with Gasteiger partial charge in [0.05, 0.1) is 12.1 Å². The molecule has 8 heteroatoms. The van der Waals surface area contributed by atoms with E-state index in [4.69, 9.17) is 4.74 Å². The number of halogens is 1. The average molecular weight is 526 g/mol. The van der Waals surface area contributed by atoms with Crippen molar-refractivity contribution in [1.29, 1.82) is 0 Å². The SMILES string of the molecule is CCNC(=NCC(C)(C)NC(=O)OC(C)(C)C)NCC1CCCN(C(C)C)C1.I. The Hall–Kier alpha value is -0.770. The second-order valence-electron chi connectivity index (χ2n) is 9.68. The first-order valence-corrected chi connectivity index (χ1v) is 10.7. The summed E-state index contributed by atoms with van der Waals surface area (Å²) in [7, 11) is 0. The van der Waals surface area contributed by atoms with Gasteiger partial charge in [-0.25, -0.2) is 4.79 Å². The summed E-state index contributed by atoms with van der Waals surface area (Å²) in [5, 5.41) is 9.69. The number of nitrogens with zero attached hydrogens (tertiary/aromatic N) is 2. The molecule has 1 heterocycles. The second-order valence-corrected chi connectivity index (χ2v) is 9.68. The molecule has 0 aromatic rings. The molecule has 1 fully saturated rings. The molecule has 172 valence electrons. The van der Waals surface area contributed by atoms with Crippen LogP contribution in [0, 0.1) is 5.92 Å². The number of rotatable bonds is 7. The van der Waals surface area contributed by atoms with Crippen LogP contribution in [0.3, 0.4) is 0 Å². The molecule has 1 saturated heterocycles. The fourth-order valence-corrected chi connectivity index (χ4v) is 3.21. The number of hydrogen-bond acceptors (Lipinski definition) is 4. The summed E-state index contributed by atoms with van der Waals surface area (Å²) in [6, 6.07) is 0.601. The summed E-state index contributed by atoms with van der Waals surface area (Å²) in [5.41, 5.74) is -1.01. The predicted molar refractivity (Wildman–Crippen MR) is 132 cm³/mol. The Balaban J connectivity index is 0.00000784. The number of amides is 1. The highest BCUT2D eigenvalue weighted by molar-refractivity contribution is 14.0. The van der Waals surface area contributed by atoms with Gasteiger partial charge in [0.2, 0.25) is 0 Å². The van der Waals surface area contributed by atoms with E-state index in [1.807, 2.05) is 34.6 Å². The fraction of sp³-hybridized carbons (Fsp3) is 0.905. The Morgan fingerprint density at radius 2 is 1.86 bits per heavy atom. The van der Waals surface area contributed by atoms with E-state index < -0.39 is 17.2 Å². The van der Waals surface area contributed by atoms with Crippen molar-refractivity contribution in [3.8, 4) is 0 Å². The third-order valence-corrected chi connectivity index (χ3v) is 4.65. The number of alkyl carbamates (subject to hydrolysis) is 1. The van der Waals surface area contributed by atoms with Crippen molar-refractivity contribution in [3.05, 3.63) is 0 Å². The first kappa shape index (κ1) is 28.2. The van der Waals surface area contributed by atoms with E-state index in [9.17, 15) is 4.79 Å². The number of aliphatic imine (C=N–C) groups is 1. The number of carbonyl (C=O) groups is 1. The van der Waals surface area contributed by atoms with E-state index in [0.29, 0.717) is 18.5 Å². The molecule has 0 aromatic heterocycles. The zero-order valence-electron chi connectivity index (χ0n) is 19.7. The molecule has 0 spiro atoms. The van der Waals surface area contributed by atoms with Crippen molar-refractivity contribution in [2.24, 2.45) is 10.9 Å². The summed E-state index contributed by atoms with van der Waals surface area (Å²) < 4.78 is 5.35.